The lowest BCUT2D eigenvalue weighted by Crippen LogP contribution is -2.11. The third kappa shape index (κ3) is 2.32. The fraction of sp³-hybridized carbons (Fsp3) is 0.286. The van der Waals surface area contributed by atoms with E-state index in [1.54, 1.807) is 23.7 Å². The summed E-state index contributed by atoms with van der Waals surface area (Å²) in [6, 6.07) is 6.08. The Hall–Kier alpha value is -1.97. The van der Waals surface area contributed by atoms with Crippen molar-refractivity contribution in [1.29, 1.82) is 0 Å². The number of halogens is 1. The molecule has 2 aromatic rings. The summed E-state index contributed by atoms with van der Waals surface area (Å²) in [5.74, 6) is -0.585. The SMILES string of the molecule is CCn1nc(C)cc1C(=O)c1cc(C)cc(F)c1. The maximum atomic E-state index is 13.3. The van der Waals surface area contributed by atoms with Gasteiger partial charge in [0.1, 0.15) is 11.5 Å². The Bertz CT molecular complexity index is 582. The van der Waals surface area contributed by atoms with E-state index in [-0.39, 0.29) is 5.78 Å². The molecule has 0 aliphatic heterocycles. The minimum atomic E-state index is -0.391. The van der Waals surface area contributed by atoms with Gasteiger partial charge < -0.3 is 0 Å². The first-order valence-corrected chi connectivity index (χ1v) is 5.87. The first-order chi connectivity index (χ1) is 8.51. The van der Waals surface area contributed by atoms with Crippen molar-refractivity contribution < 1.29 is 9.18 Å². The fourth-order valence-corrected chi connectivity index (χ4v) is 1.98. The van der Waals surface area contributed by atoms with Gasteiger partial charge in [-0.05, 0) is 50.6 Å². The van der Waals surface area contributed by atoms with Crippen LogP contribution in [0.2, 0.25) is 0 Å². The van der Waals surface area contributed by atoms with Crippen molar-refractivity contribution in [2.24, 2.45) is 0 Å². The molecule has 0 N–H and O–H groups in total. The molecule has 0 saturated heterocycles. The Morgan fingerprint density at radius 2 is 2.00 bits per heavy atom. The van der Waals surface area contributed by atoms with Crippen molar-refractivity contribution in [2.75, 3.05) is 0 Å². The minimum Gasteiger partial charge on any atom is -0.287 e. The van der Waals surface area contributed by atoms with E-state index in [4.69, 9.17) is 0 Å². The van der Waals surface area contributed by atoms with Crippen molar-refractivity contribution in [3.05, 3.63) is 52.6 Å². The number of rotatable bonds is 3. The number of ketones is 1. The molecule has 0 atom stereocenters. The number of aryl methyl sites for hydroxylation is 3. The standard InChI is InChI=1S/C14H15FN2O/c1-4-17-13(7-10(3)16-17)14(18)11-5-9(2)6-12(15)8-11/h5-8H,4H2,1-3H3. The molecule has 94 valence electrons. The average molecular weight is 246 g/mol. The summed E-state index contributed by atoms with van der Waals surface area (Å²) in [4.78, 5) is 12.3. The topological polar surface area (TPSA) is 34.9 Å². The number of hydrogen-bond acceptors (Lipinski definition) is 2. The largest absolute Gasteiger partial charge is 0.287 e. The van der Waals surface area contributed by atoms with Crippen LogP contribution in [0.1, 0.15) is 34.2 Å². The van der Waals surface area contributed by atoms with E-state index in [1.165, 1.54) is 12.1 Å². The Balaban J connectivity index is 2.47. The van der Waals surface area contributed by atoms with E-state index in [9.17, 15) is 9.18 Å². The van der Waals surface area contributed by atoms with Crippen LogP contribution >= 0.6 is 0 Å². The lowest BCUT2D eigenvalue weighted by molar-refractivity contribution is 0.102. The van der Waals surface area contributed by atoms with Gasteiger partial charge >= 0.3 is 0 Å². The van der Waals surface area contributed by atoms with Crippen LogP contribution in [0.3, 0.4) is 0 Å². The molecule has 4 heteroatoms. The quantitative estimate of drug-likeness (QED) is 0.780. The lowest BCUT2D eigenvalue weighted by Gasteiger charge is -2.05. The Labute approximate surface area is 105 Å². The molecule has 0 fully saturated rings. The van der Waals surface area contributed by atoms with Gasteiger partial charge in [0, 0.05) is 12.1 Å². The summed E-state index contributed by atoms with van der Waals surface area (Å²) >= 11 is 0. The molecule has 0 radical (unpaired) electrons. The summed E-state index contributed by atoms with van der Waals surface area (Å²) in [5.41, 5.74) is 2.38. The van der Waals surface area contributed by atoms with Crippen molar-refractivity contribution in [1.82, 2.24) is 9.78 Å². The van der Waals surface area contributed by atoms with Gasteiger partial charge in [0.05, 0.1) is 5.69 Å². The summed E-state index contributed by atoms with van der Waals surface area (Å²) < 4.78 is 15.0. The van der Waals surface area contributed by atoms with E-state index >= 15 is 0 Å². The zero-order chi connectivity index (χ0) is 13.3. The second-order valence-corrected chi connectivity index (χ2v) is 4.33. The number of carbonyl (C=O) groups excluding carboxylic acids is 1. The molecule has 1 heterocycles. The molecule has 18 heavy (non-hydrogen) atoms. The van der Waals surface area contributed by atoms with Gasteiger partial charge in [0.25, 0.3) is 0 Å². The molecule has 0 unspecified atom stereocenters. The van der Waals surface area contributed by atoms with Crippen molar-refractivity contribution in [3.63, 3.8) is 0 Å². The van der Waals surface area contributed by atoms with Gasteiger partial charge in [-0.15, -0.1) is 0 Å². The van der Waals surface area contributed by atoms with Crippen LogP contribution in [0.25, 0.3) is 0 Å². The minimum absolute atomic E-state index is 0.194. The van der Waals surface area contributed by atoms with Crippen LogP contribution in [0.4, 0.5) is 4.39 Å². The molecule has 2 rings (SSSR count). The van der Waals surface area contributed by atoms with E-state index in [0.717, 1.165) is 11.3 Å². The molecule has 0 aliphatic rings. The fourth-order valence-electron chi connectivity index (χ4n) is 1.98. The molecular weight excluding hydrogens is 231 g/mol. The molecule has 0 spiro atoms. The highest BCUT2D eigenvalue weighted by molar-refractivity contribution is 6.08. The smallest absolute Gasteiger partial charge is 0.211 e. The molecular formula is C14H15FN2O. The average Bonchev–Trinajstić information content (AvgIpc) is 2.68. The van der Waals surface area contributed by atoms with Crippen molar-refractivity contribution >= 4 is 5.78 Å². The molecule has 3 nitrogen and oxygen atoms in total. The predicted molar refractivity (Wildman–Crippen MR) is 67.2 cm³/mol. The van der Waals surface area contributed by atoms with Gasteiger partial charge in [0.15, 0.2) is 0 Å². The third-order valence-corrected chi connectivity index (χ3v) is 2.74. The van der Waals surface area contributed by atoms with E-state index in [0.29, 0.717) is 17.8 Å². The van der Waals surface area contributed by atoms with Gasteiger partial charge in [-0.1, -0.05) is 0 Å². The Kier molecular flexibility index (Phi) is 3.28. The third-order valence-electron chi connectivity index (χ3n) is 2.74. The highest BCUT2D eigenvalue weighted by Gasteiger charge is 2.16. The highest BCUT2D eigenvalue weighted by atomic mass is 19.1. The summed E-state index contributed by atoms with van der Waals surface area (Å²) in [7, 11) is 0. The monoisotopic (exact) mass is 246 g/mol. The number of benzene rings is 1. The second-order valence-electron chi connectivity index (χ2n) is 4.33. The number of aromatic nitrogens is 2. The van der Waals surface area contributed by atoms with Gasteiger partial charge in [-0.25, -0.2) is 4.39 Å². The Morgan fingerprint density at radius 3 is 2.61 bits per heavy atom. The molecule has 0 aliphatic carbocycles. The molecule has 1 aromatic carbocycles. The number of carbonyl (C=O) groups is 1. The van der Waals surface area contributed by atoms with Gasteiger partial charge in [0.2, 0.25) is 5.78 Å². The van der Waals surface area contributed by atoms with Crippen LogP contribution in [0.5, 0.6) is 0 Å². The van der Waals surface area contributed by atoms with Crippen LogP contribution in [-0.4, -0.2) is 15.6 Å². The van der Waals surface area contributed by atoms with E-state index < -0.39 is 5.82 Å². The zero-order valence-electron chi connectivity index (χ0n) is 10.7. The van der Waals surface area contributed by atoms with E-state index in [1.807, 2.05) is 13.8 Å². The normalized spacial score (nSPS) is 10.7. The molecule has 1 aromatic heterocycles. The molecule has 0 amide bonds. The first-order valence-electron chi connectivity index (χ1n) is 5.87. The highest BCUT2D eigenvalue weighted by Crippen LogP contribution is 2.14. The maximum Gasteiger partial charge on any atom is 0.211 e. The molecule has 0 saturated carbocycles. The van der Waals surface area contributed by atoms with Crippen LogP contribution < -0.4 is 0 Å². The lowest BCUT2D eigenvalue weighted by atomic mass is 10.1. The first kappa shape index (κ1) is 12.5. The maximum absolute atomic E-state index is 13.3. The van der Waals surface area contributed by atoms with Crippen molar-refractivity contribution in [3.8, 4) is 0 Å². The second kappa shape index (κ2) is 4.72. The van der Waals surface area contributed by atoms with Crippen LogP contribution in [0, 0.1) is 19.7 Å². The van der Waals surface area contributed by atoms with Gasteiger partial charge in [-0.3, -0.25) is 9.48 Å². The zero-order valence-corrected chi connectivity index (χ0v) is 10.7. The van der Waals surface area contributed by atoms with Crippen LogP contribution in [0.15, 0.2) is 24.3 Å². The van der Waals surface area contributed by atoms with E-state index in [2.05, 4.69) is 5.10 Å². The predicted octanol–water partition coefficient (Wildman–Crippen LogP) is 2.89. The van der Waals surface area contributed by atoms with Crippen molar-refractivity contribution in [2.45, 2.75) is 27.3 Å². The van der Waals surface area contributed by atoms with Crippen LogP contribution in [-0.2, 0) is 6.54 Å². The summed E-state index contributed by atoms with van der Waals surface area (Å²) in [6.07, 6.45) is 0. The molecule has 0 bridgehead atoms. The summed E-state index contributed by atoms with van der Waals surface area (Å²) in [5, 5.41) is 4.22. The number of hydrogen-bond donors (Lipinski definition) is 0. The number of nitrogens with zero attached hydrogens (tertiary/aromatic N) is 2. The Morgan fingerprint density at radius 1 is 1.28 bits per heavy atom. The summed E-state index contributed by atoms with van der Waals surface area (Å²) in [6.45, 7) is 6.13. The van der Waals surface area contributed by atoms with Gasteiger partial charge in [-0.2, -0.15) is 5.10 Å².